The number of carbonyl (C=O) groups excluding carboxylic acids is 4. The van der Waals surface area contributed by atoms with Crippen molar-refractivity contribution < 1.29 is 33.4 Å². The maximum Gasteiger partial charge on any atom is 0.241 e. The van der Waals surface area contributed by atoms with E-state index in [0.29, 0.717) is 16.5 Å². The van der Waals surface area contributed by atoms with Crippen molar-refractivity contribution in [1.82, 2.24) is 4.90 Å². The van der Waals surface area contributed by atoms with Gasteiger partial charge in [0.1, 0.15) is 5.82 Å². The Kier molecular flexibility index (Phi) is 7.39. The van der Waals surface area contributed by atoms with E-state index in [-0.39, 0.29) is 46.5 Å². The first-order chi connectivity index (χ1) is 21.5. The van der Waals surface area contributed by atoms with Crippen LogP contribution in [-0.4, -0.2) is 46.8 Å². The van der Waals surface area contributed by atoms with Crippen molar-refractivity contribution in [2.45, 2.75) is 63.8 Å². The van der Waals surface area contributed by atoms with E-state index in [1.807, 2.05) is 6.08 Å². The van der Waals surface area contributed by atoms with Gasteiger partial charge in [0.05, 0.1) is 45.5 Å². The number of imide groups is 2. The lowest BCUT2D eigenvalue weighted by Crippen LogP contribution is -2.49. The minimum atomic E-state index is -1.30. The smallest absolute Gasteiger partial charge is 0.241 e. The number of likely N-dealkylation sites (tertiary alicyclic amines) is 1. The molecule has 1 N–H and O–H groups in total. The highest BCUT2D eigenvalue weighted by Crippen LogP contribution is 2.64. The second-order valence-electron chi connectivity index (χ2n) is 13.2. The SMILES string of the molecule is COc1cc([C@H]2C3=CC[C@@H]4C(=O)N(C5CCCCC5)C(=O)[C@@H]4[C@@H]3C[C@H]3C(=O)N(c4ccc(F)c(Cl)c4)C(=O)[C@@]23C)cc(Br)c1O. The minimum Gasteiger partial charge on any atom is -0.503 e. The monoisotopic (exact) mass is 698 g/mol. The van der Waals surface area contributed by atoms with Gasteiger partial charge in [-0.1, -0.05) is 42.5 Å². The van der Waals surface area contributed by atoms with Crippen molar-refractivity contribution in [3.8, 4) is 11.5 Å². The molecule has 3 aliphatic carbocycles. The summed E-state index contributed by atoms with van der Waals surface area (Å²) in [6.45, 7) is 1.76. The number of allylic oxidation sites excluding steroid dienone is 2. The van der Waals surface area contributed by atoms with Crippen molar-refractivity contribution in [3.63, 3.8) is 0 Å². The number of methoxy groups -OCH3 is 1. The lowest BCUT2D eigenvalue weighted by atomic mass is 9.51. The number of amides is 4. The molecular weight excluding hydrogens is 667 g/mol. The number of aromatic hydroxyl groups is 1. The molecule has 0 unspecified atom stereocenters. The summed E-state index contributed by atoms with van der Waals surface area (Å²) >= 11 is 9.50. The Balaban J connectivity index is 1.37. The van der Waals surface area contributed by atoms with Crippen molar-refractivity contribution in [2.24, 2.45) is 29.1 Å². The highest BCUT2D eigenvalue weighted by molar-refractivity contribution is 9.10. The van der Waals surface area contributed by atoms with E-state index in [4.69, 9.17) is 16.3 Å². The van der Waals surface area contributed by atoms with Crippen molar-refractivity contribution in [2.75, 3.05) is 12.0 Å². The van der Waals surface area contributed by atoms with Gasteiger partial charge < -0.3 is 9.84 Å². The summed E-state index contributed by atoms with van der Waals surface area (Å²) in [7, 11) is 1.43. The molecule has 4 fully saturated rings. The summed E-state index contributed by atoms with van der Waals surface area (Å²) in [5.41, 5.74) is 0.324. The van der Waals surface area contributed by atoms with E-state index in [1.54, 1.807) is 19.1 Å². The van der Waals surface area contributed by atoms with Crippen molar-refractivity contribution in [1.29, 1.82) is 0 Å². The first kappa shape index (κ1) is 30.4. The number of phenolic OH excluding ortho intramolecular Hbond substituents is 1. The number of phenols is 1. The molecule has 2 saturated carbocycles. The normalized spacial score (nSPS) is 31.6. The van der Waals surface area contributed by atoms with Gasteiger partial charge in [-0.05, 0) is 90.4 Å². The molecule has 0 spiro atoms. The zero-order valence-corrected chi connectivity index (χ0v) is 27.2. The lowest BCUT2D eigenvalue weighted by molar-refractivity contribution is -0.144. The number of halogens is 3. The number of ether oxygens (including phenoxy) is 1. The van der Waals surface area contributed by atoms with Gasteiger partial charge in [0, 0.05) is 12.0 Å². The van der Waals surface area contributed by atoms with Gasteiger partial charge >= 0.3 is 0 Å². The van der Waals surface area contributed by atoms with Crippen LogP contribution in [0.2, 0.25) is 5.02 Å². The number of anilines is 1. The van der Waals surface area contributed by atoms with E-state index < -0.39 is 52.6 Å². The molecule has 7 rings (SSSR count). The first-order valence-corrected chi connectivity index (χ1v) is 16.6. The standard InChI is InChI=1S/C34H33BrClFN2O6/c1-34-22(31(42)39(33(34)44)18-8-11-25(37)24(36)14-18)15-21-19(28(34)16-12-23(35)29(40)26(13-16)45-2)9-10-20-27(21)32(43)38(30(20)41)17-6-4-3-5-7-17/h8-9,11-14,17,20-22,27-28,40H,3-7,10,15H2,1-2H3/t20-,21+,22-,27-,28-,34+/m0/s1. The van der Waals surface area contributed by atoms with Crippen LogP contribution >= 0.6 is 27.5 Å². The Hall–Kier alpha value is -3.24. The zero-order valence-electron chi connectivity index (χ0n) is 24.9. The topological polar surface area (TPSA) is 104 Å². The Bertz CT molecular complexity index is 1690. The van der Waals surface area contributed by atoms with Gasteiger partial charge in [-0.25, -0.2) is 9.29 Å². The summed E-state index contributed by atoms with van der Waals surface area (Å²) in [6, 6.07) is 7.02. The van der Waals surface area contributed by atoms with Crippen LogP contribution in [0.5, 0.6) is 11.5 Å². The summed E-state index contributed by atoms with van der Waals surface area (Å²) < 4.78 is 19.9. The van der Waals surface area contributed by atoms with Crippen LogP contribution in [-0.2, 0) is 19.2 Å². The third-order valence-electron chi connectivity index (χ3n) is 11.0. The summed E-state index contributed by atoms with van der Waals surface area (Å²) in [5, 5.41) is 10.4. The summed E-state index contributed by atoms with van der Waals surface area (Å²) in [6.07, 6.45) is 7.21. The fourth-order valence-electron chi connectivity index (χ4n) is 8.91. The molecular formula is C34H33BrClFN2O6. The number of carbonyl (C=O) groups is 4. The van der Waals surface area contributed by atoms with Crippen LogP contribution < -0.4 is 9.64 Å². The fourth-order valence-corrected chi connectivity index (χ4v) is 9.54. The molecule has 2 aromatic carbocycles. The van der Waals surface area contributed by atoms with Gasteiger partial charge in [0.2, 0.25) is 23.6 Å². The number of rotatable bonds is 4. The zero-order chi connectivity index (χ0) is 31.9. The Morgan fingerprint density at radius 2 is 1.76 bits per heavy atom. The second-order valence-corrected chi connectivity index (χ2v) is 14.4. The quantitative estimate of drug-likeness (QED) is 0.288. The van der Waals surface area contributed by atoms with Crippen LogP contribution in [0.15, 0.2) is 46.5 Å². The van der Waals surface area contributed by atoms with E-state index >= 15 is 0 Å². The summed E-state index contributed by atoms with van der Waals surface area (Å²) in [5.74, 6) is -4.96. The highest BCUT2D eigenvalue weighted by Gasteiger charge is 2.68. The van der Waals surface area contributed by atoms with Crippen LogP contribution in [0, 0.1) is 34.9 Å². The molecule has 5 aliphatic rings. The fraction of sp³-hybridized carbons (Fsp3) is 0.471. The molecule has 11 heteroatoms. The molecule has 0 aromatic heterocycles. The van der Waals surface area contributed by atoms with Crippen molar-refractivity contribution in [3.05, 3.63) is 62.9 Å². The van der Waals surface area contributed by atoms with E-state index in [9.17, 15) is 28.7 Å². The van der Waals surface area contributed by atoms with Gasteiger partial charge in [0.25, 0.3) is 0 Å². The second kappa shape index (κ2) is 10.9. The average Bonchev–Trinajstić information content (AvgIpc) is 3.39. The average molecular weight is 700 g/mol. The van der Waals surface area contributed by atoms with Gasteiger partial charge in [-0.2, -0.15) is 0 Å². The van der Waals surface area contributed by atoms with Crippen LogP contribution in [0.1, 0.15) is 63.4 Å². The molecule has 0 radical (unpaired) electrons. The molecule has 2 aliphatic heterocycles. The van der Waals surface area contributed by atoms with Gasteiger partial charge in [0.15, 0.2) is 11.5 Å². The first-order valence-electron chi connectivity index (χ1n) is 15.5. The van der Waals surface area contributed by atoms with E-state index in [2.05, 4.69) is 15.9 Å². The molecule has 45 heavy (non-hydrogen) atoms. The largest absolute Gasteiger partial charge is 0.503 e. The van der Waals surface area contributed by atoms with E-state index in [1.165, 1.54) is 24.1 Å². The Labute approximate surface area is 273 Å². The number of hydrogen-bond acceptors (Lipinski definition) is 6. The predicted molar refractivity (Wildman–Crippen MR) is 167 cm³/mol. The third kappa shape index (κ3) is 4.34. The molecule has 4 amide bonds. The third-order valence-corrected chi connectivity index (χ3v) is 11.9. The number of nitrogens with zero attached hydrogens (tertiary/aromatic N) is 2. The number of fused-ring (bicyclic) bond motifs is 4. The predicted octanol–water partition coefficient (Wildman–Crippen LogP) is 6.52. The Morgan fingerprint density at radius 3 is 2.44 bits per heavy atom. The Morgan fingerprint density at radius 1 is 1.02 bits per heavy atom. The van der Waals surface area contributed by atoms with Gasteiger partial charge in [-0.3, -0.25) is 24.1 Å². The summed E-state index contributed by atoms with van der Waals surface area (Å²) in [4.78, 5) is 59.5. The van der Waals surface area contributed by atoms with E-state index in [0.717, 1.165) is 48.6 Å². The molecule has 2 aromatic rings. The van der Waals surface area contributed by atoms with Crippen LogP contribution in [0.4, 0.5) is 10.1 Å². The maximum atomic E-state index is 14.6. The van der Waals surface area contributed by atoms with Gasteiger partial charge in [-0.15, -0.1) is 0 Å². The molecule has 2 heterocycles. The molecule has 0 bridgehead atoms. The van der Waals surface area contributed by atoms with Crippen molar-refractivity contribution >= 4 is 56.8 Å². The van der Waals surface area contributed by atoms with Crippen LogP contribution in [0.3, 0.4) is 0 Å². The molecule has 8 nitrogen and oxygen atoms in total. The molecule has 6 atom stereocenters. The van der Waals surface area contributed by atoms with Crippen LogP contribution in [0.25, 0.3) is 0 Å². The maximum absolute atomic E-state index is 14.6. The number of benzene rings is 2. The lowest BCUT2D eigenvalue weighted by Gasteiger charge is -2.49. The minimum absolute atomic E-state index is 0.107. The number of hydrogen-bond donors (Lipinski definition) is 1. The highest BCUT2D eigenvalue weighted by atomic mass is 79.9. The molecule has 236 valence electrons. The molecule has 2 saturated heterocycles.